The Hall–Kier alpha value is -1.55. The zero-order valence-corrected chi connectivity index (χ0v) is 11.3. The Kier molecular flexibility index (Phi) is 2.96. The zero-order chi connectivity index (χ0) is 12.5. The summed E-state index contributed by atoms with van der Waals surface area (Å²) in [6, 6.07) is 7.92. The van der Waals surface area contributed by atoms with E-state index in [1.54, 1.807) is 6.20 Å². The maximum Gasteiger partial charge on any atom is 0.178 e. The largest absolute Gasteiger partial charge is 0.295 e. The van der Waals surface area contributed by atoms with Gasteiger partial charge in [-0.3, -0.25) is 4.40 Å². The minimum atomic E-state index is 0.255. The number of nitriles is 1. The molecule has 0 saturated carbocycles. The van der Waals surface area contributed by atoms with Crippen molar-refractivity contribution in [3.63, 3.8) is 0 Å². The second kappa shape index (κ2) is 4.61. The number of nitrogens with zero attached hydrogens (tertiary/aromatic N) is 4. The van der Waals surface area contributed by atoms with Crippen molar-refractivity contribution in [3.8, 4) is 6.07 Å². The first kappa shape index (κ1) is 11.5. The molecule has 0 aliphatic heterocycles. The standard InChI is InChI=1S/C11H5ClN4S2/c12-9-8(5-13)10(18-15-9)17-11-14-6-7-3-1-2-4-16(7)11/h1-4,6H. The second-order valence-electron chi connectivity index (χ2n) is 3.39. The van der Waals surface area contributed by atoms with Crippen molar-refractivity contribution in [1.29, 1.82) is 5.26 Å². The van der Waals surface area contributed by atoms with Crippen LogP contribution in [0, 0.1) is 11.3 Å². The number of fused-ring (bicyclic) bond motifs is 1. The number of hydrogen-bond donors (Lipinski definition) is 0. The van der Waals surface area contributed by atoms with Gasteiger partial charge >= 0.3 is 0 Å². The molecule has 3 aromatic rings. The zero-order valence-electron chi connectivity index (χ0n) is 8.87. The Morgan fingerprint density at radius 1 is 1.44 bits per heavy atom. The highest BCUT2D eigenvalue weighted by atomic mass is 35.5. The molecule has 0 spiro atoms. The molecule has 4 nitrogen and oxygen atoms in total. The van der Waals surface area contributed by atoms with Crippen LogP contribution in [-0.2, 0) is 0 Å². The molecular weight excluding hydrogens is 288 g/mol. The van der Waals surface area contributed by atoms with E-state index in [4.69, 9.17) is 16.9 Å². The SMILES string of the molecule is N#Cc1c(Cl)nsc1Sc1ncc2ccccn12. The lowest BCUT2D eigenvalue weighted by Crippen LogP contribution is -1.85. The average molecular weight is 293 g/mol. The number of hydrogen-bond acceptors (Lipinski definition) is 5. The predicted octanol–water partition coefficient (Wildman–Crippen LogP) is 3.47. The molecule has 3 rings (SSSR count). The van der Waals surface area contributed by atoms with Crippen molar-refractivity contribution < 1.29 is 0 Å². The molecule has 3 aromatic heterocycles. The minimum Gasteiger partial charge on any atom is -0.295 e. The third-order valence-electron chi connectivity index (χ3n) is 2.32. The number of imidazole rings is 1. The molecule has 0 aliphatic carbocycles. The summed E-state index contributed by atoms with van der Waals surface area (Å²) >= 11 is 8.45. The highest BCUT2D eigenvalue weighted by Crippen LogP contribution is 2.36. The molecule has 0 fully saturated rings. The summed E-state index contributed by atoms with van der Waals surface area (Å²) < 4.78 is 6.70. The Balaban J connectivity index is 2.05. The molecular formula is C11H5ClN4S2. The van der Waals surface area contributed by atoms with Gasteiger partial charge in [0.15, 0.2) is 10.3 Å². The van der Waals surface area contributed by atoms with Gasteiger partial charge in [-0.05, 0) is 35.4 Å². The molecule has 0 aliphatic rings. The van der Waals surface area contributed by atoms with E-state index in [9.17, 15) is 0 Å². The quantitative estimate of drug-likeness (QED) is 0.726. The number of rotatable bonds is 2. The molecule has 0 amide bonds. The summed E-state index contributed by atoms with van der Waals surface area (Å²) in [5, 5.41) is 10.1. The lowest BCUT2D eigenvalue weighted by atomic mass is 10.4. The fourth-order valence-corrected chi connectivity index (χ4v) is 3.60. The van der Waals surface area contributed by atoms with E-state index < -0.39 is 0 Å². The normalized spacial score (nSPS) is 10.7. The molecule has 0 radical (unpaired) electrons. The maximum absolute atomic E-state index is 9.02. The highest BCUT2D eigenvalue weighted by molar-refractivity contribution is 8.01. The van der Waals surface area contributed by atoms with E-state index in [1.165, 1.54) is 23.3 Å². The molecule has 0 atom stereocenters. The Labute approximate surface area is 116 Å². The van der Waals surface area contributed by atoms with E-state index in [0.29, 0.717) is 5.56 Å². The van der Waals surface area contributed by atoms with Crippen LogP contribution in [0.3, 0.4) is 0 Å². The van der Waals surface area contributed by atoms with E-state index in [-0.39, 0.29) is 5.15 Å². The van der Waals surface area contributed by atoms with Crippen molar-refractivity contribution >= 4 is 40.4 Å². The van der Waals surface area contributed by atoms with Gasteiger partial charge in [-0.15, -0.1) is 0 Å². The number of pyridine rings is 1. The van der Waals surface area contributed by atoms with Gasteiger partial charge in [0.25, 0.3) is 0 Å². The molecule has 0 unspecified atom stereocenters. The number of aromatic nitrogens is 3. The molecule has 0 N–H and O–H groups in total. The number of halogens is 1. The first-order valence-corrected chi connectivity index (χ1v) is 6.91. The fourth-order valence-electron chi connectivity index (χ4n) is 1.50. The smallest absolute Gasteiger partial charge is 0.178 e. The lowest BCUT2D eigenvalue weighted by Gasteiger charge is -1.98. The van der Waals surface area contributed by atoms with E-state index >= 15 is 0 Å². The Morgan fingerprint density at radius 3 is 3.17 bits per heavy atom. The first-order valence-electron chi connectivity index (χ1n) is 4.95. The molecule has 88 valence electrons. The summed E-state index contributed by atoms with van der Waals surface area (Å²) in [4.78, 5) is 4.33. The van der Waals surface area contributed by atoms with Gasteiger partial charge in [-0.25, -0.2) is 4.98 Å². The van der Waals surface area contributed by atoms with Crippen LogP contribution in [0.5, 0.6) is 0 Å². The third kappa shape index (κ3) is 1.86. The second-order valence-corrected chi connectivity index (χ2v) is 5.75. The van der Waals surface area contributed by atoms with Crippen LogP contribution in [0.2, 0.25) is 5.15 Å². The van der Waals surface area contributed by atoms with Crippen LogP contribution in [0.1, 0.15) is 5.56 Å². The summed E-state index contributed by atoms with van der Waals surface area (Å²) in [5.41, 5.74) is 1.42. The van der Waals surface area contributed by atoms with Gasteiger partial charge in [-0.1, -0.05) is 17.7 Å². The highest BCUT2D eigenvalue weighted by Gasteiger charge is 2.15. The predicted molar refractivity (Wildman–Crippen MR) is 71.2 cm³/mol. The van der Waals surface area contributed by atoms with Crippen LogP contribution in [-0.4, -0.2) is 13.8 Å². The van der Waals surface area contributed by atoms with Gasteiger partial charge in [-0.2, -0.15) is 9.64 Å². The molecule has 7 heteroatoms. The van der Waals surface area contributed by atoms with E-state index in [0.717, 1.165) is 14.9 Å². The first-order chi connectivity index (χ1) is 8.79. The van der Waals surface area contributed by atoms with Gasteiger partial charge < -0.3 is 0 Å². The monoisotopic (exact) mass is 292 g/mol. The van der Waals surface area contributed by atoms with Crippen LogP contribution >= 0.6 is 34.9 Å². The van der Waals surface area contributed by atoms with Crippen LogP contribution in [0.4, 0.5) is 0 Å². The topological polar surface area (TPSA) is 54.0 Å². The van der Waals surface area contributed by atoms with Crippen molar-refractivity contribution in [3.05, 3.63) is 41.3 Å². The van der Waals surface area contributed by atoms with Gasteiger partial charge in [0, 0.05) is 6.20 Å². The summed E-state index contributed by atoms with van der Waals surface area (Å²) in [7, 11) is 0. The maximum atomic E-state index is 9.02. The minimum absolute atomic E-state index is 0.255. The third-order valence-corrected chi connectivity index (χ3v) is 4.68. The van der Waals surface area contributed by atoms with Crippen LogP contribution in [0.15, 0.2) is 40.0 Å². The summed E-state index contributed by atoms with van der Waals surface area (Å²) in [6.07, 6.45) is 3.72. The average Bonchev–Trinajstić information content (AvgIpc) is 2.95. The van der Waals surface area contributed by atoms with Crippen molar-refractivity contribution in [2.45, 2.75) is 9.37 Å². The molecule has 0 bridgehead atoms. The van der Waals surface area contributed by atoms with E-state index in [1.807, 2.05) is 28.8 Å². The summed E-state index contributed by atoms with van der Waals surface area (Å²) in [5.74, 6) is 0. The van der Waals surface area contributed by atoms with Crippen LogP contribution < -0.4 is 0 Å². The molecule has 0 aromatic carbocycles. The van der Waals surface area contributed by atoms with Gasteiger partial charge in [0.2, 0.25) is 0 Å². The van der Waals surface area contributed by atoms with Crippen LogP contribution in [0.25, 0.3) is 5.52 Å². The fraction of sp³-hybridized carbons (Fsp3) is 0. The van der Waals surface area contributed by atoms with Crippen molar-refractivity contribution in [2.24, 2.45) is 0 Å². The van der Waals surface area contributed by atoms with Gasteiger partial charge in [0.05, 0.1) is 11.7 Å². The lowest BCUT2D eigenvalue weighted by molar-refractivity contribution is 0.959. The Bertz CT molecular complexity index is 756. The molecule has 18 heavy (non-hydrogen) atoms. The Morgan fingerprint density at radius 2 is 2.33 bits per heavy atom. The van der Waals surface area contributed by atoms with Crippen molar-refractivity contribution in [2.75, 3.05) is 0 Å². The molecule has 0 saturated heterocycles. The van der Waals surface area contributed by atoms with Gasteiger partial charge in [0.1, 0.15) is 15.8 Å². The van der Waals surface area contributed by atoms with Crippen molar-refractivity contribution in [1.82, 2.24) is 13.8 Å². The van der Waals surface area contributed by atoms with E-state index in [2.05, 4.69) is 15.4 Å². The summed E-state index contributed by atoms with van der Waals surface area (Å²) in [6.45, 7) is 0. The molecule has 3 heterocycles.